The van der Waals surface area contributed by atoms with E-state index in [2.05, 4.69) is 28.3 Å². The van der Waals surface area contributed by atoms with Gasteiger partial charge in [-0.15, -0.1) is 0 Å². The van der Waals surface area contributed by atoms with Gasteiger partial charge in [0.15, 0.2) is 5.82 Å². The van der Waals surface area contributed by atoms with Crippen molar-refractivity contribution in [2.45, 2.75) is 50.5 Å². The van der Waals surface area contributed by atoms with Gasteiger partial charge in [-0.25, -0.2) is 9.97 Å². The molecular weight excluding hydrogens is 488 g/mol. The number of hydrogen-bond donors (Lipinski definition) is 1. The van der Waals surface area contributed by atoms with Gasteiger partial charge in [0.1, 0.15) is 0 Å². The van der Waals surface area contributed by atoms with Crippen molar-refractivity contribution >= 4 is 17.7 Å². The minimum absolute atomic E-state index is 0.0396. The highest BCUT2D eigenvalue weighted by molar-refractivity contribution is 6.09. The highest BCUT2D eigenvalue weighted by atomic mass is 16.3. The van der Waals surface area contributed by atoms with Gasteiger partial charge in [0.25, 0.3) is 0 Å². The lowest BCUT2D eigenvalue weighted by atomic mass is 9.70. The molecule has 0 radical (unpaired) electrons. The quantitative estimate of drug-likeness (QED) is 0.510. The number of carbonyl (C=O) groups excluding carboxylic acids is 1. The summed E-state index contributed by atoms with van der Waals surface area (Å²) in [6.45, 7) is 1.33. The summed E-state index contributed by atoms with van der Waals surface area (Å²) in [5.41, 5.74) is 5.16. The summed E-state index contributed by atoms with van der Waals surface area (Å²) in [6.07, 6.45) is 18.9. The van der Waals surface area contributed by atoms with E-state index in [0.29, 0.717) is 30.6 Å². The summed E-state index contributed by atoms with van der Waals surface area (Å²) < 4.78 is 1.80. The van der Waals surface area contributed by atoms with E-state index >= 15 is 0 Å². The zero-order valence-electron chi connectivity index (χ0n) is 22.5. The number of carbonyl (C=O) groups is 1. The molecule has 4 heterocycles. The molecule has 1 spiro atoms. The van der Waals surface area contributed by atoms with E-state index in [1.54, 1.807) is 4.68 Å². The van der Waals surface area contributed by atoms with Crippen molar-refractivity contribution in [3.8, 4) is 22.5 Å². The van der Waals surface area contributed by atoms with E-state index in [1.807, 2.05) is 55.1 Å². The van der Waals surface area contributed by atoms with E-state index in [1.165, 1.54) is 0 Å². The number of allylic oxidation sites excluding steroid dienone is 2. The van der Waals surface area contributed by atoms with Crippen LogP contribution < -0.4 is 0 Å². The summed E-state index contributed by atoms with van der Waals surface area (Å²) in [4.78, 5) is 28.5. The van der Waals surface area contributed by atoms with E-state index in [9.17, 15) is 9.90 Å². The van der Waals surface area contributed by atoms with Crippen LogP contribution in [0.3, 0.4) is 0 Å². The molecule has 1 unspecified atom stereocenters. The number of likely N-dealkylation sites (tertiary alicyclic amines) is 1. The Kier molecular flexibility index (Phi) is 7.12. The van der Waals surface area contributed by atoms with Gasteiger partial charge in [0.05, 0.1) is 12.8 Å². The second kappa shape index (κ2) is 10.8. The summed E-state index contributed by atoms with van der Waals surface area (Å²) in [7, 11) is 1.92. The second-order valence-electron chi connectivity index (χ2n) is 11.2. The van der Waals surface area contributed by atoms with Crippen LogP contribution in [0.4, 0.5) is 0 Å². The van der Waals surface area contributed by atoms with Gasteiger partial charge < -0.3 is 10.0 Å². The average Bonchev–Trinajstić information content (AvgIpc) is 3.42. The number of aryl methyl sites for hydroxylation is 1. The maximum atomic E-state index is 12.4. The Morgan fingerprint density at radius 2 is 1.79 bits per heavy atom. The smallest absolute Gasteiger partial charge is 0.223 e. The SMILES string of the molecule is Cn1cc(-c2cccc(-c3ncc(C4=CC(C5CCC6(CCC(=O)N6CCO)CC5)CCN=C4)cn3)c2)cn1. The van der Waals surface area contributed by atoms with Crippen molar-refractivity contribution in [2.75, 3.05) is 19.7 Å². The van der Waals surface area contributed by atoms with Crippen LogP contribution in [-0.2, 0) is 11.8 Å². The van der Waals surface area contributed by atoms with Gasteiger partial charge in [-0.1, -0.05) is 24.3 Å². The predicted octanol–water partition coefficient (Wildman–Crippen LogP) is 4.56. The maximum absolute atomic E-state index is 12.4. The minimum atomic E-state index is -0.0396. The molecule has 1 aromatic carbocycles. The van der Waals surface area contributed by atoms with E-state index in [4.69, 9.17) is 9.97 Å². The molecule has 1 atom stereocenters. The number of aliphatic hydroxyl groups is 1. The fourth-order valence-corrected chi connectivity index (χ4v) is 6.78. The van der Waals surface area contributed by atoms with Crippen molar-refractivity contribution in [1.82, 2.24) is 24.6 Å². The van der Waals surface area contributed by atoms with Crippen LogP contribution in [0.1, 0.15) is 50.5 Å². The first kappa shape index (κ1) is 25.6. The monoisotopic (exact) mass is 524 g/mol. The third-order valence-electron chi connectivity index (χ3n) is 8.93. The van der Waals surface area contributed by atoms with Gasteiger partial charge in [0.2, 0.25) is 5.91 Å². The number of β-amino-alcohol motifs (C(OH)–C–C–N with tert-alkyl or cyclic N) is 1. The molecule has 1 N–H and O–H groups in total. The number of aliphatic imine (C=N–C) groups is 1. The first-order valence-electron chi connectivity index (χ1n) is 14.1. The molecule has 2 fully saturated rings. The molecule has 1 saturated carbocycles. The lowest BCUT2D eigenvalue weighted by Gasteiger charge is -2.45. The van der Waals surface area contributed by atoms with Gasteiger partial charge in [-0.05, 0) is 67.6 Å². The Hall–Kier alpha value is -3.65. The Morgan fingerprint density at radius 3 is 2.54 bits per heavy atom. The number of hydrogen-bond acceptors (Lipinski definition) is 6. The molecule has 1 saturated heterocycles. The lowest BCUT2D eigenvalue weighted by Crippen LogP contribution is -2.49. The van der Waals surface area contributed by atoms with E-state index < -0.39 is 0 Å². The summed E-state index contributed by atoms with van der Waals surface area (Å²) in [5.74, 6) is 1.93. The Bertz CT molecular complexity index is 1380. The molecule has 8 nitrogen and oxygen atoms in total. The van der Waals surface area contributed by atoms with Crippen molar-refractivity contribution in [3.63, 3.8) is 0 Å². The zero-order chi connectivity index (χ0) is 26.8. The summed E-state index contributed by atoms with van der Waals surface area (Å²) in [5, 5.41) is 13.8. The topological polar surface area (TPSA) is 96.5 Å². The van der Waals surface area contributed by atoms with Crippen LogP contribution >= 0.6 is 0 Å². The van der Waals surface area contributed by atoms with Gasteiger partial charge in [-0.2, -0.15) is 5.10 Å². The van der Waals surface area contributed by atoms with Crippen molar-refractivity contribution in [1.29, 1.82) is 0 Å². The van der Waals surface area contributed by atoms with E-state index in [0.717, 1.165) is 72.9 Å². The highest BCUT2D eigenvalue weighted by Crippen LogP contribution is 2.46. The molecular formula is C31H36N6O2. The molecule has 202 valence electrons. The van der Waals surface area contributed by atoms with E-state index in [-0.39, 0.29) is 18.1 Å². The molecule has 1 amide bonds. The largest absolute Gasteiger partial charge is 0.395 e. The number of benzene rings is 1. The molecule has 1 aliphatic carbocycles. The molecule has 8 heteroatoms. The number of amides is 1. The molecule has 6 rings (SSSR count). The third kappa shape index (κ3) is 5.17. The Morgan fingerprint density at radius 1 is 1.00 bits per heavy atom. The van der Waals surface area contributed by atoms with Crippen LogP contribution in [0.15, 0.2) is 60.1 Å². The van der Waals surface area contributed by atoms with Crippen LogP contribution in [0.2, 0.25) is 0 Å². The van der Waals surface area contributed by atoms with Gasteiger partial charge in [0, 0.05) is 73.6 Å². The normalized spacial score (nSPS) is 25.2. The van der Waals surface area contributed by atoms with Crippen LogP contribution in [0.25, 0.3) is 28.1 Å². The standard InChI is InChI=1S/C31H36N6O2/c1-36-21-28(20-35-36)23-3-2-4-25(15-23)30-33-18-27(19-34-30)26-16-24(8-12-32-17-26)22-5-9-31(10-6-22)11-7-29(39)37(31)13-14-38/h2-4,15-22,24,38H,5-14H2,1H3. The summed E-state index contributed by atoms with van der Waals surface area (Å²) >= 11 is 0. The molecule has 39 heavy (non-hydrogen) atoms. The van der Waals surface area contributed by atoms with Crippen LogP contribution in [-0.4, -0.2) is 67.1 Å². The molecule has 2 aliphatic heterocycles. The van der Waals surface area contributed by atoms with Crippen LogP contribution in [0.5, 0.6) is 0 Å². The average molecular weight is 525 g/mol. The minimum Gasteiger partial charge on any atom is -0.395 e. The number of aliphatic hydroxyl groups excluding tert-OH is 1. The van der Waals surface area contributed by atoms with Crippen LogP contribution in [0, 0.1) is 11.8 Å². The molecule has 0 bridgehead atoms. The summed E-state index contributed by atoms with van der Waals surface area (Å²) in [6, 6.07) is 8.24. The molecule has 2 aromatic heterocycles. The number of rotatable bonds is 6. The predicted molar refractivity (Wildman–Crippen MR) is 152 cm³/mol. The zero-order valence-corrected chi connectivity index (χ0v) is 22.5. The lowest BCUT2D eigenvalue weighted by molar-refractivity contribution is -0.133. The van der Waals surface area contributed by atoms with Gasteiger partial charge >= 0.3 is 0 Å². The van der Waals surface area contributed by atoms with Crippen molar-refractivity contribution < 1.29 is 9.90 Å². The Labute approximate surface area is 229 Å². The third-order valence-corrected chi connectivity index (χ3v) is 8.93. The fraction of sp³-hybridized carbons (Fsp3) is 0.452. The number of nitrogens with zero attached hydrogens (tertiary/aromatic N) is 6. The number of aromatic nitrogens is 4. The molecule has 3 aliphatic rings. The molecule has 3 aromatic rings. The van der Waals surface area contributed by atoms with Crippen molar-refractivity contribution in [2.24, 2.45) is 23.9 Å². The van der Waals surface area contributed by atoms with Gasteiger partial charge in [-0.3, -0.25) is 14.5 Å². The fourth-order valence-electron chi connectivity index (χ4n) is 6.78. The maximum Gasteiger partial charge on any atom is 0.223 e. The van der Waals surface area contributed by atoms with Crippen molar-refractivity contribution in [3.05, 3.63) is 60.7 Å². The second-order valence-corrected chi connectivity index (χ2v) is 11.2. The first-order valence-corrected chi connectivity index (χ1v) is 14.1. The first-order chi connectivity index (χ1) is 19.0. The Balaban J connectivity index is 1.17. The highest BCUT2D eigenvalue weighted by Gasteiger charge is 2.47.